The summed E-state index contributed by atoms with van der Waals surface area (Å²) in [6.07, 6.45) is 1.68. The maximum atomic E-state index is 13.7. The minimum Gasteiger partial charge on any atom is -0.441 e. The average molecular weight is 371 g/mol. The lowest BCUT2D eigenvalue weighted by Crippen LogP contribution is -2.19. The third-order valence-corrected chi connectivity index (χ3v) is 4.51. The van der Waals surface area contributed by atoms with Crippen molar-refractivity contribution in [1.29, 1.82) is 0 Å². The Labute approximate surface area is 150 Å². The van der Waals surface area contributed by atoms with Crippen LogP contribution in [0.15, 0.2) is 50.7 Å². The molecule has 0 atom stereocenters. The van der Waals surface area contributed by atoms with E-state index >= 15 is 0 Å². The number of hydrogen-bond donors (Lipinski definition) is 1. The molecule has 1 aromatic heterocycles. The number of aromatic nitrogens is 1. The van der Waals surface area contributed by atoms with Gasteiger partial charge >= 0.3 is 0 Å². The molecule has 2 aromatic carbocycles. The van der Waals surface area contributed by atoms with Crippen LogP contribution in [0, 0.1) is 18.6 Å². The summed E-state index contributed by atoms with van der Waals surface area (Å²) < 4.78 is 32.1. The lowest BCUT2D eigenvalue weighted by Gasteiger charge is -1.98. The Hall–Kier alpha value is -3.00. The Morgan fingerprint density at radius 3 is 2.88 bits per heavy atom. The number of hydrogen-bond acceptors (Lipinski definition) is 5. The zero-order valence-corrected chi connectivity index (χ0v) is 14.2. The van der Waals surface area contributed by atoms with Gasteiger partial charge in [-0.1, -0.05) is 6.07 Å². The van der Waals surface area contributed by atoms with Gasteiger partial charge in [0.2, 0.25) is 0 Å². The SMILES string of the molecule is Cc1nc2ccc(C=C3SC(=Nc4ccc(F)cc4F)NC3=O)cc2o1. The van der Waals surface area contributed by atoms with Gasteiger partial charge in [0.15, 0.2) is 22.5 Å². The molecule has 1 fully saturated rings. The van der Waals surface area contributed by atoms with Gasteiger partial charge in [-0.2, -0.15) is 0 Å². The van der Waals surface area contributed by atoms with E-state index in [9.17, 15) is 13.6 Å². The summed E-state index contributed by atoms with van der Waals surface area (Å²) in [5.41, 5.74) is 2.08. The molecule has 4 rings (SSSR count). The van der Waals surface area contributed by atoms with Crippen molar-refractivity contribution in [1.82, 2.24) is 10.3 Å². The van der Waals surface area contributed by atoms with Gasteiger partial charge in [-0.05, 0) is 47.7 Å². The molecule has 26 heavy (non-hydrogen) atoms. The number of fused-ring (bicyclic) bond motifs is 1. The number of benzene rings is 2. The van der Waals surface area contributed by atoms with E-state index in [1.165, 1.54) is 6.07 Å². The van der Waals surface area contributed by atoms with E-state index in [4.69, 9.17) is 4.42 Å². The van der Waals surface area contributed by atoms with Crippen LogP contribution >= 0.6 is 11.8 Å². The van der Waals surface area contributed by atoms with Gasteiger partial charge in [0.05, 0.1) is 4.91 Å². The summed E-state index contributed by atoms with van der Waals surface area (Å²) in [5.74, 6) is -1.26. The minimum atomic E-state index is -0.795. The number of oxazole rings is 1. The zero-order chi connectivity index (χ0) is 18.3. The Balaban J connectivity index is 1.62. The van der Waals surface area contributed by atoms with Crippen LogP contribution in [0.5, 0.6) is 0 Å². The molecular weight excluding hydrogens is 360 g/mol. The molecule has 130 valence electrons. The second-order valence-corrected chi connectivity index (χ2v) is 6.57. The Bertz CT molecular complexity index is 1110. The van der Waals surface area contributed by atoms with Crippen molar-refractivity contribution in [2.75, 3.05) is 0 Å². The number of carbonyl (C=O) groups excluding carboxylic acids is 1. The first-order valence-corrected chi connectivity index (χ1v) is 8.41. The van der Waals surface area contributed by atoms with Crippen LogP contribution in [0.3, 0.4) is 0 Å². The van der Waals surface area contributed by atoms with E-state index in [0.717, 1.165) is 35.0 Å². The van der Waals surface area contributed by atoms with Crippen molar-refractivity contribution in [3.05, 3.63) is 64.4 Å². The first-order valence-electron chi connectivity index (χ1n) is 7.60. The van der Waals surface area contributed by atoms with E-state index in [-0.39, 0.29) is 16.8 Å². The topological polar surface area (TPSA) is 67.5 Å². The minimum absolute atomic E-state index is 0.0472. The third-order valence-electron chi connectivity index (χ3n) is 3.60. The monoisotopic (exact) mass is 371 g/mol. The summed E-state index contributed by atoms with van der Waals surface area (Å²) in [5, 5.41) is 2.79. The fourth-order valence-corrected chi connectivity index (χ4v) is 3.29. The van der Waals surface area contributed by atoms with Crippen LogP contribution in [-0.4, -0.2) is 16.1 Å². The van der Waals surface area contributed by atoms with Crippen LogP contribution in [-0.2, 0) is 4.79 Å². The van der Waals surface area contributed by atoms with Gasteiger partial charge in [0, 0.05) is 13.0 Å². The molecule has 1 saturated heterocycles. The number of nitrogens with zero attached hydrogens (tertiary/aromatic N) is 2. The molecule has 1 aliphatic heterocycles. The van der Waals surface area contributed by atoms with E-state index in [1.54, 1.807) is 25.1 Å². The Morgan fingerprint density at radius 2 is 2.08 bits per heavy atom. The summed E-state index contributed by atoms with van der Waals surface area (Å²) in [7, 11) is 0. The number of aryl methyl sites for hydroxylation is 1. The largest absolute Gasteiger partial charge is 0.441 e. The van der Waals surface area contributed by atoms with Crippen molar-refractivity contribution in [2.45, 2.75) is 6.92 Å². The number of amides is 1. The fraction of sp³-hybridized carbons (Fsp3) is 0.0556. The second-order valence-electron chi connectivity index (χ2n) is 5.54. The standard InChI is InChI=1S/C18H11F2N3O2S/c1-9-21-14-4-2-10(6-15(14)25-9)7-16-17(24)23-18(26-16)22-13-5-3-11(19)8-12(13)20/h2-8H,1H3,(H,22,23,24). The van der Waals surface area contributed by atoms with Gasteiger partial charge < -0.3 is 9.73 Å². The normalized spacial score (nSPS) is 17.4. The molecule has 8 heteroatoms. The first kappa shape index (κ1) is 16.5. The Morgan fingerprint density at radius 1 is 1.23 bits per heavy atom. The molecule has 0 saturated carbocycles. The van der Waals surface area contributed by atoms with Gasteiger partial charge in [-0.15, -0.1) is 0 Å². The van der Waals surface area contributed by atoms with Crippen molar-refractivity contribution in [3.63, 3.8) is 0 Å². The second kappa shape index (κ2) is 6.38. The van der Waals surface area contributed by atoms with Crippen LogP contribution in [0.4, 0.5) is 14.5 Å². The quantitative estimate of drug-likeness (QED) is 0.682. The molecule has 0 unspecified atom stereocenters. The number of thioether (sulfide) groups is 1. The molecule has 1 aliphatic rings. The molecule has 5 nitrogen and oxygen atoms in total. The molecule has 0 aliphatic carbocycles. The number of nitrogens with one attached hydrogen (secondary N) is 1. The van der Waals surface area contributed by atoms with Crippen molar-refractivity contribution < 1.29 is 18.0 Å². The predicted molar refractivity (Wildman–Crippen MR) is 95.9 cm³/mol. The lowest BCUT2D eigenvalue weighted by molar-refractivity contribution is -0.115. The van der Waals surface area contributed by atoms with Crippen LogP contribution in [0.2, 0.25) is 0 Å². The molecule has 0 spiro atoms. The summed E-state index contributed by atoms with van der Waals surface area (Å²) >= 11 is 1.08. The van der Waals surface area contributed by atoms with Crippen LogP contribution in [0.1, 0.15) is 11.5 Å². The van der Waals surface area contributed by atoms with E-state index < -0.39 is 11.6 Å². The van der Waals surface area contributed by atoms with E-state index in [1.807, 2.05) is 6.07 Å². The molecule has 0 bridgehead atoms. The summed E-state index contributed by atoms with van der Waals surface area (Å²) in [4.78, 5) is 20.8. The smallest absolute Gasteiger partial charge is 0.264 e. The maximum absolute atomic E-state index is 13.7. The first-order chi connectivity index (χ1) is 12.5. The van der Waals surface area contributed by atoms with Gasteiger partial charge in [-0.3, -0.25) is 4.79 Å². The number of halogens is 2. The van der Waals surface area contributed by atoms with Crippen molar-refractivity contribution in [3.8, 4) is 0 Å². The van der Waals surface area contributed by atoms with Crippen molar-refractivity contribution >= 4 is 45.7 Å². The molecule has 3 aromatic rings. The number of carbonyl (C=O) groups is 1. The molecule has 1 N–H and O–H groups in total. The van der Waals surface area contributed by atoms with Crippen molar-refractivity contribution in [2.24, 2.45) is 4.99 Å². The molecule has 1 amide bonds. The molecule has 2 heterocycles. The summed E-state index contributed by atoms with van der Waals surface area (Å²) in [6.45, 7) is 1.76. The maximum Gasteiger partial charge on any atom is 0.264 e. The van der Waals surface area contributed by atoms with Crippen LogP contribution < -0.4 is 5.32 Å². The molecular formula is C18H11F2N3O2S. The fourth-order valence-electron chi connectivity index (χ4n) is 2.46. The molecule has 0 radical (unpaired) electrons. The lowest BCUT2D eigenvalue weighted by atomic mass is 10.2. The van der Waals surface area contributed by atoms with E-state index in [2.05, 4.69) is 15.3 Å². The Kier molecular flexibility index (Phi) is 4.04. The highest BCUT2D eigenvalue weighted by Gasteiger charge is 2.24. The number of rotatable bonds is 2. The zero-order valence-electron chi connectivity index (χ0n) is 13.4. The third kappa shape index (κ3) is 3.23. The average Bonchev–Trinajstić information content (AvgIpc) is 3.11. The highest BCUT2D eigenvalue weighted by Crippen LogP contribution is 2.29. The van der Waals surface area contributed by atoms with E-state index in [0.29, 0.717) is 16.4 Å². The summed E-state index contributed by atoms with van der Waals surface area (Å²) in [6, 6.07) is 8.47. The predicted octanol–water partition coefficient (Wildman–Crippen LogP) is 4.31. The highest BCUT2D eigenvalue weighted by molar-refractivity contribution is 8.18. The number of aliphatic imine (C=N–C) groups is 1. The highest BCUT2D eigenvalue weighted by atomic mass is 32.2. The van der Waals surface area contributed by atoms with Crippen LogP contribution in [0.25, 0.3) is 17.2 Å². The van der Waals surface area contributed by atoms with Gasteiger partial charge in [-0.25, -0.2) is 18.8 Å². The van der Waals surface area contributed by atoms with Gasteiger partial charge in [0.25, 0.3) is 5.91 Å². The number of amidine groups is 1. The van der Waals surface area contributed by atoms with Gasteiger partial charge in [0.1, 0.15) is 17.0 Å².